The molecule has 2 aromatic carbocycles. The molecule has 0 aromatic heterocycles. The number of benzene rings is 2. The van der Waals surface area contributed by atoms with E-state index in [1.54, 1.807) is 6.08 Å². The lowest BCUT2D eigenvalue weighted by Crippen LogP contribution is -2.29. The Kier molecular flexibility index (Phi) is 4.42. The Bertz CT molecular complexity index is 813. The van der Waals surface area contributed by atoms with Gasteiger partial charge in [-0.15, -0.1) is 0 Å². The highest BCUT2D eigenvalue weighted by Crippen LogP contribution is 2.31. The third-order valence-corrected chi connectivity index (χ3v) is 4.68. The van der Waals surface area contributed by atoms with Crippen molar-refractivity contribution < 1.29 is 14.3 Å². The van der Waals surface area contributed by atoms with Crippen molar-refractivity contribution in [2.45, 2.75) is 25.3 Å². The van der Waals surface area contributed by atoms with Gasteiger partial charge in [0.15, 0.2) is 11.5 Å². The van der Waals surface area contributed by atoms with Crippen molar-refractivity contribution in [3.8, 4) is 11.5 Å². The smallest absolute Gasteiger partial charge is 0.244 e. The second-order valence-electron chi connectivity index (χ2n) is 6.39. The monoisotopic (exact) mass is 335 g/mol. The molecular weight excluding hydrogens is 314 g/mol. The second-order valence-corrected chi connectivity index (χ2v) is 6.39. The van der Waals surface area contributed by atoms with Crippen LogP contribution in [0.25, 0.3) is 6.08 Å². The summed E-state index contributed by atoms with van der Waals surface area (Å²) in [5.41, 5.74) is 3.51. The fourth-order valence-electron chi connectivity index (χ4n) is 3.46. The normalized spacial score (nSPS) is 18.6. The predicted molar refractivity (Wildman–Crippen MR) is 96.7 cm³/mol. The minimum atomic E-state index is -0.0726. The SMILES string of the molecule is O=C(/C=C/c1ccc2c(c1)OCCO2)N[C@H]1CCCc2ccccc21. The van der Waals surface area contributed by atoms with Gasteiger partial charge in [0.2, 0.25) is 5.91 Å². The maximum absolute atomic E-state index is 12.3. The van der Waals surface area contributed by atoms with E-state index in [4.69, 9.17) is 9.47 Å². The highest BCUT2D eigenvalue weighted by atomic mass is 16.6. The van der Waals surface area contributed by atoms with Crippen LogP contribution in [0.15, 0.2) is 48.5 Å². The Labute approximate surface area is 147 Å². The summed E-state index contributed by atoms with van der Waals surface area (Å²) in [6.45, 7) is 1.13. The summed E-state index contributed by atoms with van der Waals surface area (Å²) >= 11 is 0. The van der Waals surface area contributed by atoms with Crippen LogP contribution in [0.4, 0.5) is 0 Å². The summed E-state index contributed by atoms with van der Waals surface area (Å²) in [5.74, 6) is 1.42. The Hall–Kier alpha value is -2.75. The molecule has 2 aromatic rings. The van der Waals surface area contributed by atoms with E-state index in [-0.39, 0.29) is 11.9 Å². The maximum atomic E-state index is 12.3. The van der Waals surface area contributed by atoms with Gasteiger partial charge in [-0.3, -0.25) is 4.79 Å². The average molecular weight is 335 g/mol. The van der Waals surface area contributed by atoms with Gasteiger partial charge in [0, 0.05) is 6.08 Å². The van der Waals surface area contributed by atoms with Crippen LogP contribution >= 0.6 is 0 Å². The zero-order valence-corrected chi connectivity index (χ0v) is 14.0. The first-order chi connectivity index (χ1) is 12.3. The zero-order valence-electron chi connectivity index (χ0n) is 14.0. The number of hydrogen-bond donors (Lipinski definition) is 1. The molecule has 1 aliphatic heterocycles. The Morgan fingerprint density at radius 3 is 2.84 bits per heavy atom. The van der Waals surface area contributed by atoms with E-state index in [0.29, 0.717) is 13.2 Å². The number of rotatable bonds is 3. The third kappa shape index (κ3) is 3.53. The van der Waals surface area contributed by atoms with Gasteiger partial charge in [-0.05, 0) is 54.2 Å². The third-order valence-electron chi connectivity index (χ3n) is 4.68. The van der Waals surface area contributed by atoms with Crippen LogP contribution in [0, 0.1) is 0 Å². The molecule has 0 fully saturated rings. The van der Waals surface area contributed by atoms with Gasteiger partial charge >= 0.3 is 0 Å². The summed E-state index contributed by atoms with van der Waals surface area (Å²) in [7, 11) is 0. The number of fused-ring (bicyclic) bond motifs is 2. The van der Waals surface area contributed by atoms with Crippen LogP contribution in [0.2, 0.25) is 0 Å². The number of nitrogens with one attached hydrogen (secondary N) is 1. The molecule has 1 aliphatic carbocycles. The van der Waals surface area contributed by atoms with E-state index < -0.39 is 0 Å². The molecule has 4 heteroatoms. The van der Waals surface area contributed by atoms with E-state index in [1.807, 2.05) is 30.3 Å². The molecule has 128 valence electrons. The first-order valence-corrected chi connectivity index (χ1v) is 8.75. The molecule has 1 N–H and O–H groups in total. The largest absolute Gasteiger partial charge is 0.486 e. The van der Waals surface area contributed by atoms with E-state index in [2.05, 4.69) is 23.5 Å². The summed E-state index contributed by atoms with van der Waals surface area (Å²) in [4.78, 5) is 12.3. The van der Waals surface area contributed by atoms with Crippen molar-refractivity contribution in [3.63, 3.8) is 0 Å². The molecule has 0 radical (unpaired) electrons. The van der Waals surface area contributed by atoms with E-state index >= 15 is 0 Å². The van der Waals surface area contributed by atoms with Crippen molar-refractivity contribution >= 4 is 12.0 Å². The lowest BCUT2D eigenvalue weighted by molar-refractivity contribution is -0.117. The van der Waals surface area contributed by atoms with Crippen molar-refractivity contribution in [2.75, 3.05) is 13.2 Å². The van der Waals surface area contributed by atoms with E-state index in [1.165, 1.54) is 11.1 Å². The Morgan fingerprint density at radius 2 is 1.92 bits per heavy atom. The lowest BCUT2D eigenvalue weighted by atomic mass is 9.88. The average Bonchev–Trinajstić information content (AvgIpc) is 2.66. The van der Waals surface area contributed by atoms with Gasteiger partial charge in [0.05, 0.1) is 6.04 Å². The van der Waals surface area contributed by atoms with Gasteiger partial charge in [0.25, 0.3) is 0 Å². The molecule has 0 spiro atoms. The number of carbonyl (C=O) groups is 1. The molecule has 4 rings (SSSR count). The minimum absolute atomic E-state index is 0.0726. The van der Waals surface area contributed by atoms with Crippen molar-refractivity contribution in [2.24, 2.45) is 0 Å². The van der Waals surface area contributed by atoms with E-state index in [9.17, 15) is 4.79 Å². The molecule has 1 heterocycles. The van der Waals surface area contributed by atoms with Crippen molar-refractivity contribution in [1.82, 2.24) is 5.32 Å². The van der Waals surface area contributed by atoms with Gasteiger partial charge < -0.3 is 14.8 Å². The lowest BCUT2D eigenvalue weighted by Gasteiger charge is -2.25. The van der Waals surface area contributed by atoms with Crippen molar-refractivity contribution in [3.05, 3.63) is 65.2 Å². The molecule has 0 bridgehead atoms. The Balaban J connectivity index is 1.43. The number of aryl methyl sites for hydroxylation is 1. The fraction of sp³-hybridized carbons (Fsp3) is 0.286. The van der Waals surface area contributed by atoms with Crippen molar-refractivity contribution in [1.29, 1.82) is 0 Å². The quantitative estimate of drug-likeness (QED) is 0.871. The van der Waals surface area contributed by atoms with Crippen LogP contribution < -0.4 is 14.8 Å². The molecule has 2 aliphatic rings. The molecule has 0 saturated heterocycles. The van der Waals surface area contributed by atoms with Crippen LogP contribution in [0.3, 0.4) is 0 Å². The summed E-state index contributed by atoms with van der Waals surface area (Å²) < 4.78 is 11.1. The van der Waals surface area contributed by atoms with Gasteiger partial charge in [0.1, 0.15) is 13.2 Å². The van der Waals surface area contributed by atoms with Crippen LogP contribution in [-0.4, -0.2) is 19.1 Å². The second kappa shape index (κ2) is 7.01. The highest BCUT2D eigenvalue weighted by molar-refractivity contribution is 5.92. The molecule has 0 saturated carbocycles. The summed E-state index contributed by atoms with van der Waals surface area (Å²) in [6.07, 6.45) is 6.58. The first kappa shape index (κ1) is 15.8. The molecule has 25 heavy (non-hydrogen) atoms. The number of ether oxygens (including phenoxy) is 2. The highest BCUT2D eigenvalue weighted by Gasteiger charge is 2.20. The van der Waals surface area contributed by atoms with Crippen LogP contribution in [0.5, 0.6) is 11.5 Å². The summed E-state index contributed by atoms with van der Waals surface area (Å²) in [6, 6.07) is 14.2. The molecule has 0 unspecified atom stereocenters. The van der Waals surface area contributed by atoms with Gasteiger partial charge in [-0.25, -0.2) is 0 Å². The standard InChI is InChI=1S/C21H21NO3/c23-21(22-18-7-3-5-16-4-1-2-6-17(16)18)11-9-15-8-10-19-20(14-15)25-13-12-24-19/h1-2,4,6,8-11,14,18H,3,5,7,12-13H2,(H,22,23)/b11-9+/t18-/m0/s1. The van der Waals surface area contributed by atoms with Crippen LogP contribution in [0.1, 0.15) is 35.6 Å². The zero-order chi connectivity index (χ0) is 17.1. The predicted octanol–water partition coefficient (Wildman–Crippen LogP) is 3.66. The first-order valence-electron chi connectivity index (χ1n) is 8.75. The molecular formula is C21H21NO3. The van der Waals surface area contributed by atoms with Gasteiger partial charge in [-0.2, -0.15) is 0 Å². The number of amides is 1. The fourth-order valence-corrected chi connectivity index (χ4v) is 3.46. The maximum Gasteiger partial charge on any atom is 0.244 e. The Morgan fingerprint density at radius 1 is 1.08 bits per heavy atom. The van der Waals surface area contributed by atoms with Crippen LogP contribution in [-0.2, 0) is 11.2 Å². The molecule has 1 amide bonds. The number of carbonyl (C=O) groups excluding carboxylic acids is 1. The van der Waals surface area contributed by atoms with E-state index in [0.717, 1.165) is 36.3 Å². The number of hydrogen-bond acceptors (Lipinski definition) is 3. The minimum Gasteiger partial charge on any atom is -0.486 e. The molecule has 1 atom stereocenters. The van der Waals surface area contributed by atoms with Gasteiger partial charge in [-0.1, -0.05) is 30.3 Å². The topological polar surface area (TPSA) is 47.6 Å². The summed E-state index contributed by atoms with van der Waals surface area (Å²) in [5, 5.41) is 3.13. The molecule has 4 nitrogen and oxygen atoms in total.